The highest BCUT2D eigenvalue weighted by Gasteiger charge is 2.15. The zero-order valence-corrected chi connectivity index (χ0v) is 19.4. The van der Waals surface area contributed by atoms with E-state index in [-0.39, 0.29) is 17.2 Å². The summed E-state index contributed by atoms with van der Waals surface area (Å²) in [6.07, 6.45) is 1.18. The highest BCUT2D eigenvalue weighted by atomic mass is 79.9. The molecule has 2 amide bonds. The van der Waals surface area contributed by atoms with Crippen LogP contribution in [-0.2, 0) is 26.2 Å². The number of benzene rings is 2. The summed E-state index contributed by atoms with van der Waals surface area (Å²) in [6.45, 7) is -0.0813. The standard InChI is InChI=1S/C20H16BrClN4O5S/c21-13-1-9-18(10-2-13)32(29,30)24-12-17-8-7-16(31-17)11-23-26-20(28)19(27)25-15-5-3-14(22)4-6-15/h1-11,24H,12H2,(H,25,27)(H,26,28)/b23-11+. The molecule has 0 bridgehead atoms. The van der Waals surface area contributed by atoms with Crippen LogP contribution in [0.15, 0.2) is 79.6 Å². The van der Waals surface area contributed by atoms with Crippen LogP contribution in [0.3, 0.4) is 0 Å². The van der Waals surface area contributed by atoms with E-state index in [0.717, 1.165) is 4.47 Å². The van der Waals surface area contributed by atoms with E-state index >= 15 is 0 Å². The van der Waals surface area contributed by atoms with Crippen LogP contribution in [0.5, 0.6) is 0 Å². The number of carbonyl (C=O) groups is 2. The lowest BCUT2D eigenvalue weighted by Gasteiger charge is -2.05. The number of anilines is 1. The van der Waals surface area contributed by atoms with Gasteiger partial charge in [0.25, 0.3) is 0 Å². The van der Waals surface area contributed by atoms with Crippen molar-refractivity contribution < 1.29 is 22.4 Å². The molecule has 9 nitrogen and oxygen atoms in total. The number of hydrazone groups is 1. The quantitative estimate of drug-likeness (QED) is 0.241. The fourth-order valence-electron chi connectivity index (χ4n) is 2.35. The third kappa shape index (κ3) is 6.76. The third-order valence-electron chi connectivity index (χ3n) is 3.91. The predicted molar refractivity (Wildman–Crippen MR) is 123 cm³/mol. The summed E-state index contributed by atoms with van der Waals surface area (Å²) < 4.78 is 33.2. The van der Waals surface area contributed by atoms with E-state index in [2.05, 4.69) is 36.5 Å². The molecule has 1 aromatic heterocycles. The fraction of sp³-hybridized carbons (Fsp3) is 0.0500. The highest BCUT2D eigenvalue weighted by molar-refractivity contribution is 9.10. The molecule has 12 heteroatoms. The first-order valence-electron chi connectivity index (χ1n) is 8.97. The Morgan fingerprint density at radius 2 is 1.69 bits per heavy atom. The molecule has 3 aromatic rings. The van der Waals surface area contributed by atoms with E-state index < -0.39 is 21.8 Å². The first-order valence-corrected chi connectivity index (χ1v) is 11.6. The van der Waals surface area contributed by atoms with Crippen molar-refractivity contribution in [1.29, 1.82) is 0 Å². The smallest absolute Gasteiger partial charge is 0.329 e. The van der Waals surface area contributed by atoms with Crippen molar-refractivity contribution >= 4 is 61.3 Å². The minimum Gasteiger partial charge on any atom is -0.459 e. The molecule has 3 N–H and O–H groups in total. The number of furan rings is 1. The number of carbonyl (C=O) groups excluding carboxylic acids is 2. The maximum atomic E-state index is 12.3. The van der Waals surface area contributed by atoms with Gasteiger partial charge in [0, 0.05) is 15.2 Å². The van der Waals surface area contributed by atoms with Crippen LogP contribution in [0, 0.1) is 0 Å². The second kappa shape index (κ2) is 10.6. The summed E-state index contributed by atoms with van der Waals surface area (Å²) >= 11 is 9.01. The molecule has 32 heavy (non-hydrogen) atoms. The molecule has 1 heterocycles. The first kappa shape index (κ1) is 23.7. The first-order chi connectivity index (χ1) is 15.2. The normalized spacial score (nSPS) is 11.4. The summed E-state index contributed by atoms with van der Waals surface area (Å²) in [6, 6.07) is 15.5. The van der Waals surface area contributed by atoms with Crippen molar-refractivity contribution in [2.75, 3.05) is 5.32 Å². The fourth-order valence-corrected chi connectivity index (χ4v) is 3.73. The summed E-state index contributed by atoms with van der Waals surface area (Å²) in [5, 5.41) is 6.54. The van der Waals surface area contributed by atoms with Gasteiger partial charge in [-0.05, 0) is 60.7 Å². The van der Waals surface area contributed by atoms with E-state index in [1.54, 1.807) is 42.5 Å². The van der Waals surface area contributed by atoms with Crippen LogP contribution >= 0.6 is 27.5 Å². The molecule has 0 radical (unpaired) electrons. The molecule has 0 saturated carbocycles. The molecule has 2 aromatic carbocycles. The Kier molecular flexibility index (Phi) is 7.80. The van der Waals surface area contributed by atoms with Crippen LogP contribution in [0.4, 0.5) is 5.69 Å². The van der Waals surface area contributed by atoms with Crippen LogP contribution < -0.4 is 15.5 Å². The van der Waals surface area contributed by atoms with Crippen LogP contribution in [-0.4, -0.2) is 26.4 Å². The SMILES string of the molecule is O=C(N/N=C/c1ccc(CNS(=O)(=O)c2ccc(Br)cc2)o1)C(=O)Nc1ccc(Cl)cc1. The molecular formula is C20H16BrClN4O5S. The molecule has 3 rings (SSSR count). The van der Waals surface area contributed by atoms with Crippen molar-refractivity contribution in [3.63, 3.8) is 0 Å². The highest BCUT2D eigenvalue weighted by Crippen LogP contribution is 2.15. The maximum absolute atomic E-state index is 12.3. The average molecular weight is 540 g/mol. The van der Waals surface area contributed by atoms with Gasteiger partial charge in [0.15, 0.2) is 0 Å². The number of nitrogens with zero attached hydrogens (tertiary/aromatic N) is 1. The Morgan fingerprint density at radius 3 is 2.38 bits per heavy atom. The second-order valence-corrected chi connectivity index (χ2v) is 9.36. The molecule has 0 aliphatic carbocycles. The Hall–Kier alpha value is -2.99. The van der Waals surface area contributed by atoms with Crippen molar-refractivity contribution in [1.82, 2.24) is 10.1 Å². The van der Waals surface area contributed by atoms with Crippen molar-refractivity contribution in [2.45, 2.75) is 11.4 Å². The number of hydrogen-bond acceptors (Lipinski definition) is 6. The van der Waals surface area contributed by atoms with Gasteiger partial charge in [-0.15, -0.1) is 0 Å². The van der Waals surface area contributed by atoms with E-state index in [1.165, 1.54) is 24.4 Å². The third-order valence-corrected chi connectivity index (χ3v) is 6.11. The van der Waals surface area contributed by atoms with Crippen LogP contribution in [0.1, 0.15) is 11.5 Å². The van der Waals surface area contributed by atoms with Crippen LogP contribution in [0.2, 0.25) is 5.02 Å². The maximum Gasteiger partial charge on any atom is 0.329 e. The van der Waals surface area contributed by atoms with E-state index in [4.69, 9.17) is 16.0 Å². The number of nitrogens with one attached hydrogen (secondary N) is 3. The minimum atomic E-state index is -3.71. The van der Waals surface area contributed by atoms with Crippen molar-refractivity contribution in [2.24, 2.45) is 5.10 Å². The Labute approximate surface area is 197 Å². The Bertz CT molecular complexity index is 1240. The lowest BCUT2D eigenvalue weighted by Crippen LogP contribution is -2.32. The second-order valence-electron chi connectivity index (χ2n) is 6.24. The van der Waals surface area contributed by atoms with Crippen molar-refractivity contribution in [3.05, 3.63) is 81.7 Å². The molecule has 0 aliphatic heterocycles. The van der Waals surface area contributed by atoms with E-state index in [1.807, 2.05) is 0 Å². The number of hydrogen-bond donors (Lipinski definition) is 3. The Morgan fingerprint density at radius 1 is 1.00 bits per heavy atom. The van der Waals surface area contributed by atoms with Gasteiger partial charge in [-0.25, -0.2) is 18.6 Å². The number of sulfonamides is 1. The molecule has 0 fully saturated rings. The summed E-state index contributed by atoms with van der Waals surface area (Å²) in [7, 11) is -3.71. The lowest BCUT2D eigenvalue weighted by molar-refractivity contribution is -0.136. The van der Waals surface area contributed by atoms with Gasteiger partial charge in [0.1, 0.15) is 11.5 Å². The molecule has 0 aliphatic rings. The zero-order valence-electron chi connectivity index (χ0n) is 16.2. The predicted octanol–water partition coefficient (Wildman–Crippen LogP) is 3.26. The van der Waals surface area contributed by atoms with Gasteiger partial charge in [-0.3, -0.25) is 9.59 Å². The number of amides is 2. The van der Waals surface area contributed by atoms with Crippen molar-refractivity contribution in [3.8, 4) is 0 Å². The van der Waals surface area contributed by atoms with Gasteiger partial charge in [-0.1, -0.05) is 27.5 Å². The number of rotatable bonds is 7. The zero-order chi connectivity index (χ0) is 23.1. The molecule has 0 spiro atoms. The van der Waals surface area contributed by atoms with Gasteiger partial charge >= 0.3 is 11.8 Å². The van der Waals surface area contributed by atoms with Crippen LogP contribution in [0.25, 0.3) is 0 Å². The summed E-state index contributed by atoms with van der Waals surface area (Å²) in [5.41, 5.74) is 2.47. The summed E-state index contributed by atoms with van der Waals surface area (Å²) in [5.74, 6) is -1.31. The van der Waals surface area contributed by atoms with Gasteiger partial charge in [-0.2, -0.15) is 5.10 Å². The minimum absolute atomic E-state index is 0.0813. The largest absolute Gasteiger partial charge is 0.459 e. The summed E-state index contributed by atoms with van der Waals surface area (Å²) in [4.78, 5) is 23.8. The molecule has 0 saturated heterocycles. The molecular weight excluding hydrogens is 524 g/mol. The lowest BCUT2D eigenvalue weighted by atomic mass is 10.3. The van der Waals surface area contributed by atoms with E-state index in [9.17, 15) is 18.0 Å². The van der Waals surface area contributed by atoms with E-state index in [0.29, 0.717) is 16.5 Å². The van der Waals surface area contributed by atoms with Gasteiger partial charge < -0.3 is 9.73 Å². The molecule has 0 unspecified atom stereocenters. The Balaban J connectivity index is 1.49. The number of halogens is 2. The average Bonchev–Trinajstić information content (AvgIpc) is 3.22. The van der Waals surface area contributed by atoms with Gasteiger partial charge in [0.2, 0.25) is 10.0 Å². The topological polar surface area (TPSA) is 130 Å². The monoisotopic (exact) mass is 538 g/mol. The molecule has 166 valence electrons. The van der Waals surface area contributed by atoms with Gasteiger partial charge in [0.05, 0.1) is 17.7 Å². The molecule has 0 atom stereocenters.